The van der Waals surface area contributed by atoms with Gasteiger partial charge in [-0.3, -0.25) is 4.79 Å². The summed E-state index contributed by atoms with van der Waals surface area (Å²) in [5, 5.41) is 8.13. The molecule has 0 aliphatic heterocycles. The molecule has 1 saturated carbocycles. The summed E-state index contributed by atoms with van der Waals surface area (Å²) >= 11 is 0. The molecule has 0 saturated heterocycles. The lowest BCUT2D eigenvalue weighted by Gasteiger charge is -2.27. The predicted octanol–water partition coefficient (Wildman–Crippen LogP) is 2.34. The van der Waals surface area contributed by atoms with E-state index in [0.717, 1.165) is 24.8 Å². The number of amides is 1. The van der Waals surface area contributed by atoms with Crippen molar-refractivity contribution in [1.82, 2.24) is 5.32 Å². The molecular weight excluding hydrogens is 300 g/mol. The highest BCUT2D eigenvalue weighted by Crippen LogP contribution is 2.29. The Bertz CT molecular complexity index is 643. The Morgan fingerprint density at radius 3 is 2.73 bits per heavy atom. The second-order valence-electron chi connectivity index (χ2n) is 6.32. The van der Waals surface area contributed by atoms with Crippen LogP contribution in [0.3, 0.4) is 0 Å². The number of carbonyl (C=O) groups is 1. The van der Waals surface area contributed by atoms with Crippen molar-refractivity contribution >= 4 is 15.9 Å². The van der Waals surface area contributed by atoms with Crippen molar-refractivity contribution in [2.45, 2.75) is 50.5 Å². The van der Waals surface area contributed by atoms with E-state index in [2.05, 4.69) is 12.2 Å². The van der Waals surface area contributed by atoms with Gasteiger partial charge >= 0.3 is 0 Å². The molecule has 0 unspecified atom stereocenters. The lowest BCUT2D eigenvalue weighted by molar-refractivity contribution is -0.127. The Morgan fingerprint density at radius 2 is 2.09 bits per heavy atom. The number of hydrogen-bond acceptors (Lipinski definition) is 3. The molecule has 1 amide bonds. The highest BCUT2D eigenvalue weighted by Gasteiger charge is 2.26. The van der Waals surface area contributed by atoms with Crippen molar-refractivity contribution < 1.29 is 13.2 Å². The van der Waals surface area contributed by atoms with Crippen LogP contribution in [0.5, 0.6) is 0 Å². The van der Waals surface area contributed by atoms with Crippen LogP contribution in [0, 0.1) is 11.8 Å². The van der Waals surface area contributed by atoms with Gasteiger partial charge in [0.05, 0.1) is 10.9 Å². The second kappa shape index (κ2) is 6.79. The first kappa shape index (κ1) is 17.0. The zero-order valence-electron chi connectivity index (χ0n) is 13.1. The number of rotatable bonds is 4. The molecule has 1 aromatic carbocycles. The molecule has 1 aliphatic rings. The minimum atomic E-state index is -3.73. The first-order valence-electron chi connectivity index (χ1n) is 7.70. The lowest BCUT2D eigenvalue weighted by Crippen LogP contribution is -2.35. The Morgan fingerprint density at radius 1 is 1.36 bits per heavy atom. The van der Waals surface area contributed by atoms with Crippen molar-refractivity contribution in [3.8, 4) is 0 Å². The quantitative estimate of drug-likeness (QED) is 0.891. The average molecular weight is 324 g/mol. The largest absolute Gasteiger partial charge is 0.349 e. The highest BCUT2D eigenvalue weighted by molar-refractivity contribution is 7.89. The maximum atomic E-state index is 12.4. The molecular formula is C16H24N2O3S. The van der Waals surface area contributed by atoms with E-state index >= 15 is 0 Å². The Hall–Kier alpha value is -1.40. The molecule has 3 N–H and O–H groups in total. The maximum Gasteiger partial charge on any atom is 0.238 e. The molecule has 5 nitrogen and oxygen atoms in total. The fourth-order valence-electron chi connectivity index (χ4n) is 3.05. The van der Waals surface area contributed by atoms with Gasteiger partial charge in [0.2, 0.25) is 15.9 Å². The minimum Gasteiger partial charge on any atom is -0.349 e. The van der Waals surface area contributed by atoms with E-state index in [1.807, 2.05) is 6.92 Å². The van der Waals surface area contributed by atoms with Crippen LogP contribution in [0.2, 0.25) is 0 Å². The highest BCUT2D eigenvalue weighted by atomic mass is 32.2. The van der Waals surface area contributed by atoms with E-state index in [9.17, 15) is 13.2 Å². The average Bonchev–Trinajstić information content (AvgIpc) is 2.46. The summed E-state index contributed by atoms with van der Waals surface area (Å²) in [5.74, 6) is 0.707. The zero-order valence-corrected chi connectivity index (χ0v) is 13.9. The standard InChI is InChI=1S/C16H24N2O3S/c1-11-5-3-7-14(9-11)16(19)18-12(2)13-6-4-8-15(10-13)22(17,20)21/h4,6,8,10-12,14H,3,5,7,9H2,1-2H3,(H,18,19)(H2,17,20,21)/t11-,12-,14+/m1/s1. The molecule has 3 atom stereocenters. The fourth-order valence-corrected chi connectivity index (χ4v) is 3.62. The predicted molar refractivity (Wildman–Crippen MR) is 85.5 cm³/mol. The number of nitrogens with two attached hydrogens (primary N) is 1. The van der Waals surface area contributed by atoms with E-state index in [4.69, 9.17) is 5.14 Å². The summed E-state index contributed by atoms with van der Waals surface area (Å²) in [4.78, 5) is 12.4. The summed E-state index contributed by atoms with van der Waals surface area (Å²) < 4.78 is 22.8. The Balaban J connectivity index is 2.05. The smallest absolute Gasteiger partial charge is 0.238 e. The molecule has 6 heteroatoms. The van der Waals surface area contributed by atoms with Gasteiger partial charge in [-0.15, -0.1) is 0 Å². The molecule has 0 radical (unpaired) electrons. The van der Waals surface area contributed by atoms with Gasteiger partial charge in [-0.2, -0.15) is 0 Å². The van der Waals surface area contributed by atoms with Gasteiger partial charge < -0.3 is 5.32 Å². The number of primary sulfonamides is 1. The van der Waals surface area contributed by atoms with E-state index in [1.54, 1.807) is 12.1 Å². The van der Waals surface area contributed by atoms with Crippen LogP contribution in [0.4, 0.5) is 0 Å². The van der Waals surface area contributed by atoms with Gasteiger partial charge in [0.25, 0.3) is 0 Å². The molecule has 0 bridgehead atoms. The van der Waals surface area contributed by atoms with Crippen molar-refractivity contribution in [1.29, 1.82) is 0 Å². The van der Waals surface area contributed by atoms with Gasteiger partial charge in [-0.25, -0.2) is 13.6 Å². The van der Waals surface area contributed by atoms with Gasteiger partial charge in [-0.05, 0) is 43.4 Å². The molecule has 0 aromatic heterocycles. The summed E-state index contributed by atoms with van der Waals surface area (Å²) in [6, 6.07) is 6.16. The van der Waals surface area contributed by atoms with Crippen LogP contribution in [-0.4, -0.2) is 14.3 Å². The number of carbonyl (C=O) groups excluding carboxylic acids is 1. The van der Waals surface area contributed by atoms with Crippen LogP contribution in [0.25, 0.3) is 0 Å². The van der Waals surface area contributed by atoms with E-state index in [1.165, 1.54) is 18.6 Å². The summed E-state index contributed by atoms with van der Waals surface area (Å²) in [7, 11) is -3.73. The van der Waals surface area contributed by atoms with Gasteiger partial charge in [0.1, 0.15) is 0 Å². The SMILES string of the molecule is C[C@@H]1CCC[C@H](C(=O)N[C@H](C)c2cccc(S(N)(=O)=O)c2)C1. The van der Waals surface area contributed by atoms with Crippen LogP contribution >= 0.6 is 0 Å². The zero-order chi connectivity index (χ0) is 16.3. The summed E-state index contributed by atoms with van der Waals surface area (Å²) in [5.41, 5.74) is 0.740. The molecule has 22 heavy (non-hydrogen) atoms. The van der Waals surface area contributed by atoms with Crippen LogP contribution in [0.1, 0.15) is 51.1 Å². The molecule has 0 spiro atoms. The van der Waals surface area contributed by atoms with E-state index < -0.39 is 10.0 Å². The van der Waals surface area contributed by atoms with Crippen molar-refractivity contribution in [3.05, 3.63) is 29.8 Å². The summed E-state index contributed by atoms with van der Waals surface area (Å²) in [6.45, 7) is 4.03. The molecule has 0 heterocycles. The maximum absolute atomic E-state index is 12.4. The molecule has 122 valence electrons. The Labute approximate surface area is 132 Å². The third-order valence-electron chi connectivity index (χ3n) is 4.35. The number of nitrogens with one attached hydrogen (secondary N) is 1. The summed E-state index contributed by atoms with van der Waals surface area (Å²) in [6.07, 6.45) is 4.14. The van der Waals surface area contributed by atoms with Gasteiger partial charge in [0, 0.05) is 5.92 Å². The monoisotopic (exact) mass is 324 g/mol. The van der Waals surface area contributed by atoms with E-state index in [-0.39, 0.29) is 22.8 Å². The number of hydrogen-bond donors (Lipinski definition) is 2. The number of sulfonamides is 1. The molecule has 1 aliphatic carbocycles. The van der Waals surface area contributed by atoms with Gasteiger partial charge in [-0.1, -0.05) is 31.9 Å². The van der Waals surface area contributed by atoms with Crippen molar-refractivity contribution in [2.24, 2.45) is 17.0 Å². The van der Waals surface area contributed by atoms with Crippen LogP contribution in [0.15, 0.2) is 29.2 Å². The normalized spacial score (nSPS) is 23.8. The Kier molecular flexibility index (Phi) is 5.24. The molecule has 1 aromatic rings. The first-order chi connectivity index (χ1) is 10.3. The molecule has 2 rings (SSSR count). The number of benzene rings is 1. The topological polar surface area (TPSA) is 89.3 Å². The minimum absolute atomic E-state index is 0.0556. The lowest BCUT2D eigenvalue weighted by atomic mass is 9.82. The third kappa shape index (κ3) is 4.30. The van der Waals surface area contributed by atoms with Crippen LogP contribution in [-0.2, 0) is 14.8 Å². The fraction of sp³-hybridized carbons (Fsp3) is 0.562. The first-order valence-corrected chi connectivity index (χ1v) is 9.25. The molecule has 1 fully saturated rings. The van der Waals surface area contributed by atoms with E-state index in [0.29, 0.717) is 5.92 Å². The second-order valence-corrected chi connectivity index (χ2v) is 7.88. The van der Waals surface area contributed by atoms with Crippen molar-refractivity contribution in [2.75, 3.05) is 0 Å². The van der Waals surface area contributed by atoms with Crippen molar-refractivity contribution in [3.63, 3.8) is 0 Å². The van der Waals surface area contributed by atoms with Gasteiger partial charge in [0.15, 0.2) is 0 Å². The third-order valence-corrected chi connectivity index (χ3v) is 5.26. The van der Waals surface area contributed by atoms with Crippen LogP contribution < -0.4 is 10.5 Å².